The van der Waals surface area contributed by atoms with Gasteiger partial charge in [-0.3, -0.25) is 0 Å². The molecule has 0 aromatic rings. The minimum atomic E-state index is -0.125. The molecule has 0 aromatic heterocycles. The first kappa shape index (κ1) is 7.03. The Balaban J connectivity index is 2.39. The third-order valence-electron chi connectivity index (χ3n) is 2.22. The highest BCUT2D eigenvalue weighted by molar-refractivity contribution is 4.93. The van der Waals surface area contributed by atoms with Gasteiger partial charge in [0.2, 0.25) is 0 Å². The van der Waals surface area contributed by atoms with Crippen molar-refractivity contribution >= 4 is 0 Å². The Morgan fingerprint density at radius 3 is 2.22 bits per heavy atom. The fourth-order valence-electron chi connectivity index (χ4n) is 1.62. The van der Waals surface area contributed by atoms with Gasteiger partial charge in [-0.1, -0.05) is 13.8 Å². The van der Waals surface area contributed by atoms with E-state index in [2.05, 4.69) is 13.8 Å². The van der Waals surface area contributed by atoms with Crippen LogP contribution in [0.4, 0.5) is 0 Å². The predicted octanol–water partition coefficient (Wildman–Crippen LogP) is 0.350. The minimum Gasteiger partial charge on any atom is -0.393 e. The summed E-state index contributed by atoms with van der Waals surface area (Å²) < 4.78 is 0. The zero-order valence-electron chi connectivity index (χ0n) is 6.04. The average Bonchev–Trinajstić information content (AvgIpc) is 1.62. The maximum atomic E-state index is 9.17. The molecule has 0 spiro atoms. The molecule has 2 nitrogen and oxygen atoms in total. The SMILES string of the molecule is CC(C)C1C(N)CC1O. The Hall–Kier alpha value is -0.0800. The standard InChI is InChI=1S/C7H15NO/c1-4(2)7-5(8)3-6(7)9/h4-7,9H,3,8H2,1-2H3. The van der Waals surface area contributed by atoms with Crippen LogP contribution < -0.4 is 5.73 Å². The summed E-state index contributed by atoms with van der Waals surface area (Å²) >= 11 is 0. The molecule has 0 aliphatic heterocycles. The number of hydrogen-bond donors (Lipinski definition) is 2. The highest BCUT2D eigenvalue weighted by Crippen LogP contribution is 2.32. The number of rotatable bonds is 1. The smallest absolute Gasteiger partial charge is 0.0600 e. The maximum absolute atomic E-state index is 9.17. The maximum Gasteiger partial charge on any atom is 0.0600 e. The first-order chi connectivity index (χ1) is 4.13. The topological polar surface area (TPSA) is 46.2 Å². The van der Waals surface area contributed by atoms with E-state index in [-0.39, 0.29) is 12.1 Å². The monoisotopic (exact) mass is 129 g/mol. The molecule has 3 unspecified atom stereocenters. The zero-order valence-corrected chi connectivity index (χ0v) is 6.04. The van der Waals surface area contributed by atoms with E-state index in [1.165, 1.54) is 0 Å². The largest absolute Gasteiger partial charge is 0.393 e. The zero-order chi connectivity index (χ0) is 7.02. The van der Waals surface area contributed by atoms with Gasteiger partial charge in [0.25, 0.3) is 0 Å². The van der Waals surface area contributed by atoms with E-state index < -0.39 is 0 Å². The van der Waals surface area contributed by atoms with Gasteiger partial charge in [-0.05, 0) is 12.3 Å². The van der Waals surface area contributed by atoms with Crippen molar-refractivity contribution in [3.05, 3.63) is 0 Å². The van der Waals surface area contributed by atoms with Crippen LogP contribution in [0.3, 0.4) is 0 Å². The molecule has 3 atom stereocenters. The summed E-state index contributed by atoms with van der Waals surface area (Å²) in [4.78, 5) is 0. The van der Waals surface area contributed by atoms with Gasteiger partial charge in [0, 0.05) is 12.0 Å². The van der Waals surface area contributed by atoms with E-state index in [0.29, 0.717) is 11.8 Å². The van der Waals surface area contributed by atoms with E-state index in [0.717, 1.165) is 6.42 Å². The highest BCUT2D eigenvalue weighted by Gasteiger charge is 2.38. The van der Waals surface area contributed by atoms with Crippen molar-refractivity contribution in [2.24, 2.45) is 17.6 Å². The van der Waals surface area contributed by atoms with Gasteiger partial charge in [0.15, 0.2) is 0 Å². The molecule has 2 heteroatoms. The lowest BCUT2D eigenvalue weighted by Gasteiger charge is -2.41. The van der Waals surface area contributed by atoms with E-state index in [1.54, 1.807) is 0 Å². The second kappa shape index (κ2) is 2.27. The molecule has 0 heterocycles. The third kappa shape index (κ3) is 1.10. The molecular formula is C7H15NO. The van der Waals surface area contributed by atoms with Crippen molar-refractivity contribution in [1.82, 2.24) is 0 Å². The molecule has 1 rings (SSSR count). The average molecular weight is 129 g/mol. The summed E-state index contributed by atoms with van der Waals surface area (Å²) in [5.74, 6) is 0.883. The number of aliphatic hydroxyl groups excluding tert-OH is 1. The molecule has 0 aromatic carbocycles. The Kier molecular flexibility index (Phi) is 1.78. The summed E-state index contributed by atoms with van der Waals surface area (Å²) in [5.41, 5.74) is 5.65. The molecule has 1 saturated carbocycles. The van der Waals surface area contributed by atoms with E-state index in [4.69, 9.17) is 10.8 Å². The van der Waals surface area contributed by atoms with Crippen LogP contribution in [0.25, 0.3) is 0 Å². The molecule has 3 N–H and O–H groups in total. The Morgan fingerprint density at radius 2 is 2.11 bits per heavy atom. The summed E-state index contributed by atoms with van der Waals surface area (Å²) in [7, 11) is 0. The molecule has 0 radical (unpaired) electrons. The van der Waals surface area contributed by atoms with Crippen molar-refractivity contribution in [1.29, 1.82) is 0 Å². The van der Waals surface area contributed by atoms with Gasteiger partial charge in [-0.25, -0.2) is 0 Å². The molecule has 0 saturated heterocycles. The van der Waals surface area contributed by atoms with Crippen LogP contribution in [-0.4, -0.2) is 17.3 Å². The quantitative estimate of drug-likeness (QED) is 0.536. The van der Waals surface area contributed by atoms with Gasteiger partial charge >= 0.3 is 0 Å². The van der Waals surface area contributed by atoms with Crippen LogP contribution in [-0.2, 0) is 0 Å². The van der Waals surface area contributed by atoms with E-state index in [9.17, 15) is 0 Å². The van der Waals surface area contributed by atoms with Gasteiger partial charge < -0.3 is 10.8 Å². The van der Waals surface area contributed by atoms with Crippen LogP contribution in [0.15, 0.2) is 0 Å². The lowest BCUT2D eigenvalue weighted by Crippen LogP contribution is -2.53. The summed E-state index contributed by atoms with van der Waals surface area (Å²) in [5, 5.41) is 9.17. The number of aliphatic hydroxyl groups is 1. The number of hydrogen-bond acceptors (Lipinski definition) is 2. The van der Waals surface area contributed by atoms with Crippen molar-refractivity contribution in [3.63, 3.8) is 0 Å². The molecule has 1 fully saturated rings. The van der Waals surface area contributed by atoms with Crippen molar-refractivity contribution < 1.29 is 5.11 Å². The van der Waals surface area contributed by atoms with Crippen LogP contribution in [0.5, 0.6) is 0 Å². The van der Waals surface area contributed by atoms with Gasteiger partial charge in [0.05, 0.1) is 6.10 Å². The molecular weight excluding hydrogens is 114 g/mol. The fourth-order valence-corrected chi connectivity index (χ4v) is 1.62. The molecule has 9 heavy (non-hydrogen) atoms. The Morgan fingerprint density at radius 1 is 1.56 bits per heavy atom. The minimum absolute atomic E-state index is 0.125. The van der Waals surface area contributed by atoms with Crippen LogP contribution in [0.1, 0.15) is 20.3 Å². The lowest BCUT2D eigenvalue weighted by molar-refractivity contribution is -0.0204. The van der Waals surface area contributed by atoms with Crippen LogP contribution in [0.2, 0.25) is 0 Å². The lowest BCUT2D eigenvalue weighted by atomic mass is 9.71. The second-order valence-corrected chi connectivity index (χ2v) is 3.29. The molecule has 1 aliphatic carbocycles. The van der Waals surface area contributed by atoms with Gasteiger partial charge in [-0.15, -0.1) is 0 Å². The molecule has 1 aliphatic rings. The van der Waals surface area contributed by atoms with E-state index >= 15 is 0 Å². The van der Waals surface area contributed by atoms with Crippen molar-refractivity contribution in [2.75, 3.05) is 0 Å². The Labute approximate surface area is 56.1 Å². The van der Waals surface area contributed by atoms with Gasteiger partial charge in [0.1, 0.15) is 0 Å². The highest BCUT2D eigenvalue weighted by atomic mass is 16.3. The first-order valence-electron chi connectivity index (χ1n) is 3.56. The summed E-state index contributed by atoms with van der Waals surface area (Å²) in [6, 6.07) is 0.250. The first-order valence-corrected chi connectivity index (χ1v) is 3.56. The number of nitrogens with two attached hydrogens (primary N) is 1. The molecule has 0 bridgehead atoms. The van der Waals surface area contributed by atoms with Gasteiger partial charge in [-0.2, -0.15) is 0 Å². The van der Waals surface area contributed by atoms with E-state index in [1.807, 2.05) is 0 Å². The normalized spacial score (nSPS) is 43.0. The molecule has 0 amide bonds. The Bertz CT molecular complexity index is 88.3. The fraction of sp³-hybridized carbons (Fsp3) is 1.00. The summed E-state index contributed by atoms with van der Waals surface area (Å²) in [6.07, 6.45) is 0.669. The van der Waals surface area contributed by atoms with Crippen molar-refractivity contribution in [2.45, 2.75) is 32.4 Å². The third-order valence-corrected chi connectivity index (χ3v) is 2.22. The van der Waals surface area contributed by atoms with Crippen LogP contribution >= 0.6 is 0 Å². The van der Waals surface area contributed by atoms with Crippen LogP contribution in [0, 0.1) is 11.8 Å². The second-order valence-electron chi connectivity index (χ2n) is 3.29. The summed E-state index contributed by atoms with van der Waals surface area (Å²) in [6.45, 7) is 4.21. The molecule has 54 valence electrons. The van der Waals surface area contributed by atoms with Crippen molar-refractivity contribution in [3.8, 4) is 0 Å². The predicted molar refractivity (Wildman–Crippen MR) is 36.9 cm³/mol.